The zero-order valence-corrected chi connectivity index (χ0v) is 12.6. The summed E-state index contributed by atoms with van der Waals surface area (Å²) in [5.41, 5.74) is 0.847. The number of hydrogen-bond donors (Lipinski definition) is 2. The van der Waals surface area contributed by atoms with Crippen LogP contribution in [0.15, 0.2) is 42.2 Å². The van der Waals surface area contributed by atoms with Crippen molar-refractivity contribution in [2.75, 3.05) is 11.9 Å². The van der Waals surface area contributed by atoms with Crippen LogP contribution in [0, 0.1) is 0 Å². The van der Waals surface area contributed by atoms with E-state index in [0.717, 1.165) is 21.7 Å². The van der Waals surface area contributed by atoms with E-state index in [1.54, 1.807) is 17.5 Å². The van der Waals surface area contributed by atoms with Gasteiger partial charge in [-0.25, -0.2) is 9.97 Å². The van der Waals surface area contributed by atoms with Gasteiger partial charge in [0, 0.05) is 19.2 Å². The van der Waals surface area contributed by atoms with Gasteiger partial charge in [-0.05, 0) is 23.6 Å². The minimum absolute atomic E-state index is 0.0197. The van der Waals surface area contributed by atoms with Crippen LogP contribution in [0.4, 0.5) is 5.82 Å². The number of rotatable bonds is 6. The van der Waals surface area contributed by atoms with Crippen molar-refractivity contribution in [3.8, 4) is 0 Å². The molecule has 0 saturated carbocycles. The van der Waals surface area contributed by atoms with E-state index in [1.165, 1.54) is 6.33 Å². The van der Waals surface area contributed by atoms with Crippen LogP contribution in [-0.4, -0.2) is 27.4 Å². The molecule has 112 valence electrons. The highest BCUT2D eigenvalue weighted by atomic mass is 32.1. The average molecular weight is 313 g/mol. The molecule has 0 bridgehead atoms. The Kier molecular flexibility index (Phi) is 4.55. The number of aromatic nitrogens is 3. The summed E-state index contributed by atoms with van der Waals surface area (Å²) in [4.78, 5) is 25.3. The molecular weight excluding hydrogens is 298 g/mol. The van der Waals surface area contributed by atoms with E-state index >= 15 is 0 Å². The standard InChI is InChI=1S/C15H15N5OS/c21-13(18-9-11-3-1-2-6-16-11)4-7-17-14-12-5-8-22-15(12)20-10-19-14/h1-3,5-6,8,10H,4,7,9H2,(H,18,21)(H,17,19,20). The summed E-state index contributed by atoms with van der Waals surface area (Å²) >= 11 is 1.57. The molecule has 0 unspecified atom stereocenters. The molecule has 0 aliphatic rings. The molecule has 0 aliphatic carbocycles. The maximum atomic E-state index is 11.8. The van der Waals surface area contributed by atoms with Gasteiger partial charge >= 0.3 is 0 Å². The molecule has 6 nitrogen and oxygen atoms in total. The zero-order valence-electron chi connectivity index (χ0n) is 11.8. The summed E-state index contributed by atoms with van der Waals surface area (Å²) in [6.45, 7) is 0.970. The van der Waals surface area contributed by atoms with E-state index in [4.69, 9.17) is 0 Å². The predicted molar refractivity (Wildman–Crippen MR) is 86.6 cm³/mol. The second kappa shape index (κ2) is 6.95. The summed E-state index contributed by atoms with van der Waals surface area (Å²) < 4.78 is 0. The van der Waals surface area contributed by atoms with E-state index in [9.17, 15) is 4.79 Å². The SMILES string of the molecule is O=C(CCNc1ncnc2sccc12)NCc1ccccn1. The van der Waals surface area contributed by atoms with Gasteiger partial charge in [0.25, 0.3) is 0 Å². The van der Waals surface area contributed by atoms with E-state index in [1.807, 2.05) is 29.6 Å². The van der Waals surface area contributed by atoms with Crippen LogP contribution in [0.5, 0.6) is 0 Å². The first-order chi connectivity index (χ1) is 10.8. The Bertz CT molecular complexity index is 759. The second-order valence-electron chi connectivity index (χ2n) is 4.64. The molecule has 0 radical (unpaired) electrons. The van der Waals surface area contributed by atoms with Crippen LogP contribution >= 0.6 is 11.3 Å². The molecule has 1 amide bonds. The van der Waals surface area contributed by atoms with Gasteiger partial charge in [-0.15, -0.1) is 11.3 Å². The first-order valence-corrected chi connectivity index (χ1v) is 7.79. The number of thiophene rings is 1. The van der Waals surface area contributed by atoms with Gasteiger partial charge in [0.05, 0.1) is 17.6 Å². The van der Waals surface area contributed by atoms with Crippen LogP contribution in [0.3, 0.4) is 0 Å². The molecule has 2 N–H and O–H groups in total. The number of hydrogen-bond acceptors (Lipinski definition) is 6. The lowest BCUT2D eigenvalue weighted by Gasteiger charge is -2.07. The lowest BCUT2D eigenvalue weighted by Crippen LogP contribution is -2.25. The smallest absolute Gasteiger partial charge is 0.222 e. The van der Waals surface area contributed by atoms with Gasteiger partial charge in [0.2, 0.25) is 5.91 Å². The van der Waals surface area contributed by atoms with Crippen molar-refractivity contribution < 1.29 is 4.79 Å². The fraction of sp³-hybridized carbons (Fsp3) is 0.200. The first kappa shape index (κ1) is 14.4. The molecule has 3 aromatic heterocycles. The Hall–Kier alpha value is -2.54. The van der Waals surface area contributed by atoms with Crippen molar-refractivity contribution >= 4 is 33.3 Å². The number of pyridine rings is 1. The minimum Gasteiger partial charge on any atom is -0.369 e. The fourth-order valence-corrected chi connectivity index (χ4v) is 2.74. The third-order valence-corrected chi connectivity index (χ3v) is 3.92. The molecule has 7 heteroatoms. The number of fused-ring (bicyclic) bond motifs is 1. The molecule has 3 heterocycles. The van der Waals surface area contributed by atoms with Crippen molar-refractivity contribution in [2.24, 2.45) is 0 Å². The third kappa shape index (κ3) is 3.56. The molecule has 3 aromatic rings. The lowest BCUT2D eigenvalue weighted by molar-refractivity contribution is -0.121. The van der Waals surface area contributed by atoms with Crippen molar-refractivity contribution in [3.63, 3.8) is 0 Å². The molecule has 0 fully saturated rings. The Morgan fingerprint density at radius 1 is 1.18 bits per heavy atom. The maximum Gasteiger partial charge on any atom is 0.222 e. The first-order valence-electron chi connectivity index (χ1n) is 6.91. The second-order valence-corrected chi connectivity index (χ2v) is 5.53. The van der Waals surface area contributed by atoms with Gasteiger partial charge in [-0.3, -0.25) is 9.78 Å². The van der Waals surface area contributed by atoms with Gasteiger partial charge in [0.15, 0.2) is 0 Å². The molecule has 0 aromatic carbocycles. The molecule has 0 aliphatic heterocycles. The number of nitrogens with one attached hydrogen (secondary N) is 2. The lowest BCUT2D eigenvalue weighted by atomic mass is 10.3. The fourth-order valence-electron chi connectivity index (χ4n) is 2.01. The van der Waals surface area contributed by atoms with Crippen LogP contribution < -0.4 is 10.6 Å². The highest BCUT2D eigenvalue weighted by Gasteiger charge is 2.06. The quantitative estimate of drug-likeness (QED) is 0.729. The Morgan fingerprint density at radius 2 is 2.14 bits per heavy atom. The molecule has 0 atom stereocenters. The molecule has 0 spiro atoms. The summed E-state index contributed by atoms with van der Waals surface area (Å²) in [5.74, 6) is 0.748. The monoisotopic (exact) mass is 313 g/mol. The number of carbonyl (C=O) groups is 1. The van der Waals surface area contributed by atoms with E-state index in [-0.39, 0.29) is 5.91 Å². The van der Waals surface area contributed by atoms with Gasteiger partial charge in [-0.2, -0.15) is 0 Å². The number of carbonyl (C=O) groups excluding carboxylic acids is 1. The number of anilines is 1. The largest absolute Gasteiger partial charge is 0.369 e. The number of amides is 1. The Balaban J connectivity index is 1.46. The van der Waals surface area contributed by atoms with Crippen molar-refractivity contribution in [3.05, 3.63) is 47.9 Å². The summed E-state index contributed by atoms with van der Waals surface area (Å²) in [7, 11) is 0. The van der Waals surface area contributed by atoms with Crippen LogP contribution in [0.25, 0.3) is 10.2 Å². The summed E-state index contributed by atoms with van der Waals surface area (Å²) in [5, 5.41) is 8.99. The summed E-state index contributed by atoms with van der Waals surface area (Å²) in [6.07, 6.45) is 3.62. The number of nitrogens with zero attached hydrogens (tertiary/aromatic N) is 3. The van der Waals surface area contributed by atoms with Crippen LogP contribution in [0.1, 0.15) is 12.1 Å². The maximum absolute atomic E-state index is 11.8. The van der Waals surface area contributed by atoms with Crippen molar-refractivity contribution in [2.45, 2.75) is 13.0 Å². The van der Waals surface area contributed by atoms with Crippen molar-refractivity contribution in [1.82, 2.24) is 20.3 Å². The highest BCUT2D eigenvalue weighted by molar-refractivity contribution is 7.16. The Labute approximate surface area is 131 Å². The topological polar surface area (TPSA) is 79.8 Å². The summed E-state index contributed by atoms with van der Waals surface area (Å²) in [6, 6.07) is 7.61. The van der Waals surface area contributed by atoms with E-state index in [0.29, 0.717) is 19.5 Å². The van der Waals surface area contributed by atoms with E-state index in [2.05, 4.69) is 25.6 Å². The van der Waals surface area contributed by atoms with E-state index < -0.39 is 0 Å². The van der Waals surface area contributed by atoms with Crippen molar-refractivity contribution in [1.29, 1.82) is 0 Å². The minimum atomic E-state index is -0.0197. The molecular formula is C15H15N5OS. The van der Waals surface area contributed by atoms with Gasteiger partial charge < -0.3 is 10.6 Å². The zero-order chi connectivity index (χ0) is 15.2. The van der Waals surface area contributed by atoms with Gasteiger partial charge in [-0.1, -0.05) is 6.07 Å². The molecule has 3 rings (SSSR count). The van der Waals surface area contributed by atoms with Crippen LogP contribution in [-0.2, 0) is 11.3 Å². The highest BCUT2D eigenvalue weighted by Crippen LogP contribution is 2.23. The Morgan fingerprint density at radius 3 is 3.00 bits per heavy atom. The predicted octanol–water partition coefficient (Wildman–Crippen LogP) is 2.20. The van der Waals surface area contributed by atoms with Gasteiger partial charge in [0.1, 0.15) is 17.0 Å². The third-order valence-electron chi connectivity index (χ3n) is 3.10. The molecule has 22 heavy (non-hydrogen) atoms. The average Bonchev–Trinajstić information content (AvgIpc) is 3.03. The normalized spacial score (nSPS) is 10.5. The molecule has 0 saturated heterocycles. The van der Waals surface area contributed by atoms with Crippen LogP contribution in [0.2, 0.25) is 0 Å².